The Morgan fingerprint density at radius 1 is 1.26 bits per heavy atom. The second-order valence-electron chi connectivity index (χ2n) is 5.40. The predicted octanol–water partition coefficient (Wildman–Crippen LogP) is 3.07. The average Bonchev–Trinajstić information content (AvgIpc) is 2.46. The molecule has 0 spiro atoms. The number of hydrogen-bond acceptors (Lipinski definition) is 3. The third kappa shape index (κ3) is 3.57. The van der Waals surface area contributed by atoms with E-state index in [4.69, 9.17) is 4.74 Å². The quantitative estimate of drug-likeness (QED) is 0.847. The van der Waals surface area contributed by atoms with Gasteiger partial charge in [0.05, 0.1) is 7.11 Å². The summed E-state index contributed by atoms with van der Waals surface area (Å²) in [5, 5.41) is 3.50. The number of carbonyl (C=O) groups excluding carboxylic acids is 1. The zero-order valence-electron chi connectivity index (χ0n) is 11.8. The molecule has 0 heterocycles. The summed E-state index contributed by atoms with van der Waals surface area (Å²) < 4.78 is 4.94. The fourth-order valence-corrected chi connectivity index (χ4v) is 2.84. The first-order chi connectivity index (χ1) is 9.22. The molecular weight excluding hydrogens is 238 g/mol. The van der Waals surface area contributed by atoms with Crippen molar-refractivity contribution in [2.75, 3.05) is 7.11 Å². The second kappa shape index (κ2) is 6.71. The summed E-state index contributed by atoms with van der Waals surface area (Å²) in [7, 11) is 1.45. The Labute approximate surface area is 115 Å². The van der Waals surface area contributed by atoms with Crippen LogP contribution in [0.2, 0.25) is 0 Å². The Hall–Kier alpha value is -1.35. The van der Waals surface area contributed by atoms with Gasteiger partial charge in [-0.1, -0.05) is 50.1 Å². The number of ether oxygens (including phenoxy) is 1. The van der Waals surface area contributed by atoms with Gasteiger partial charge in [0.2, 0.25) is 0 Å². The molecule has 3 atom stereocenters. The molecule has 0 aromatic heterocycles. The van der Waals surface area contributed by atoms with Crippen molar-refractivity contribution >= 4 is 5.97 Å². The summed E-state index contributed by atoms with van der Waals surface area (Å²) in [4.78, 5) is 12.0. The lowest BCUT2D eigenvalue weighted by molar-refractivity contribution is -0.143. The van der Waals surface area contributed by atoms with Crippen molar-refractivity contribution in [1.82, 2.24) is 5.32 Å². The Bertz CT molecular complexity index is 404. The van der Waals surface area contributed by atoms with Gasteiger partial charge in [0.25, 0.3) is 0 Å². The molecule has 2 rings (SSSR count). The molecule has 1 aliphatic rings. The van der Waals surface area contributed by atoms with Crippen LogP contribution in [0.1, 0.15) is 44.2 Å². The van der Waals surface area contributed by atoms with E-state index < -0.39 is 0 Å². The lowest BCUT2D eigenvalue weighted by Crippen LogP contribution is -2.42. The Balaban J connectivity index is 2.12. The van der Waals surface area contributed by atoms with Gasteiger partial charge in [-0.15, -0.1) is 0 Å². The first kappa shape index (κ1) is 14.1. The van der Waals surface area contributed by atoms with Crippen LogP contribution in [0.15, 0.2) is 30.3 Å². The molecule has 1 aliphatic carbocycles. The zero-order valence-corrected chi connectivity index (χ0v) is 11.8. The van der Waals surface area contributed by atoms with Crippen molar-refractivity contribution in [3.63, 3.8) is 0 Å². The molecule has 1 fully saturated rings. The topological polar surface area (TPSA) is 38.3 Å². The smallest absolute Gasteiger partial charge is 0.327 e. The van der Waals surface area contributed by atoms with Crippen LogP contribution in [-0.2, 0) is 9.53 Å². The highest BCUT2D eigenvalue weighted by Gasteiger charge is 2.28. The molecule has 0 saturated heterocycles. The summed E-state index contributed by atoms with van der Waals surface area (Å²) >= 11 is 0. The summed E-state index contributed by atoms with van der Waals surface area (Å²) in [6.45, 7) is 2.26. The molecule has 0 aliphatic heterocycles. The Kier molecular flexibility index (Phi) is 4.97. The maximum absolute atomic E-state index is 12.0. The molecule has 0 amide bonds. The fourth-order valence-electron chi connectivity index (χ4n) is 2.84. The molecule has 0 radical (unpaired) electrons. The van der Waals surface area contributed by atoms with Gasteiger partial charge in [0.1, 0.15) is 6.04 Å². The minimum atomic E-state index is -0.350. The highest BCUT2D eigenvalue weighted by molar-refractivity contribution is 5.77. The number of esters is 1. The first-order valence-electron chi connectivity index (χ1n) is 7.11. The number of carbonyl (C=O) groups is 1. The zero-order chi connectivity index (χ0) is 13.7. The van der Waals surface area contributed by atoms with Crippen LogP contribution in [0.5, 0.6) is 0 Å². The van der Waals surface area contributed by atoms with Gasteiger partial charge in [-0.05, 0) is 24.3 Å². The van der Waals surface area contributed by atoms with Crippen LogP contribution >= 0.6 is 0 Å². The molecule has 0 bridgehead atoms. The van der Waals surface area contributed by atoms with E-state index in [9.17, 15) is 4.79 Å². The van der Waals surface area contributed by atoms with Crippen molar-refractivity contribution in [2.45, 2.75) is 44.7 Å². The van der Waals surface area contributed by atoms with Gasteiger partial charge in [-0.2, -0.15) is 0 Å². The predicted molar refractivity (Wildman–Crippen MR) is 75.8 cm³/mol. The summed E-state index contributed by atoms with van der Waals surface area (Å²) in [5.74, 6) is 0.411. The minimum Gasteiger partial charge on any atom is -0.468 e. The van der Waals surface area contributed by atoms with Crippen LogP contribution in [0.4, 0.5) is 0 Å². The number of rotatable bonds is 4. The molecule has 3 nitrogen and oxygen atoms in total. The molecule has 3 unspecified atom stereocenters. The van der Waals surface area contributed by atoms with Crippen molar-refractivity contribution in [1.29, 1.82) is 0 Å². The molecule has 1 aromatic rings. The van der Waals surface area contributed by atoms with Crippen LogP contribution in [0, 0.1) is 5.92 Å². The molecule has 3 heteroatoms. The van der Waals surface area contributed by atoms with Gasteiger partial charge in [-0.3, -0.25) is 5.32 Å². The minimum absolute atomic E-state index is 0.205. The highest BCUT2D eigenvalue weighted by atomic mass is 16.5. The standard InChI is InChI=1S/C16H23NO2/c1-12-8-6-7-11-14(12)17-15(16(18)19-2)13-9-4-3-5-10-13/h3-5,9-10,12,14-15,17H,6-8,11H2,1-2H3. The maximum atomic E-state index is 12.0. The third-order valence-corrected chi connectivity index (χ3v) is 4.06. The molecule has 1 N–H and O–H groups in total. The van der Waals surface area contributed by atoms with Gasteiger partial charge in [0.15, 0.2) is 0 Å². The summed E-state index contributed by atoms with van der Waals surface area (Å²) in [6, 6.07) is 9.87. The summed E-state index contributed by atoms with van der Waals surface area (Å²) in [5.41, 5.74) is 0.979. The number of nitrogens with one attached hydrogen (secondary N) is 1. The van der Waals surface area contributed by atoms with E-state index in [2.05, 4.69) is 12.2 Å². The van der Waals surface area contributed by atoms with Crippen molar-refractivity contribution < 1.29 is 9.53 Å². The molecular formula is C16H23NO2. The van der Waals surface area contributed by atoms with Crippen LogP contribution in [-0.4, -0.2) is 19.1 Å². The number of hydrogen-bond donors (Lipinski definition) is 1. The van der Waals surface area contributed by atoms with E-state index >= 15 is 0 Å². The first-order valence-corrected chi connectivity index (χ1v) is 7.11. The molecule has 19 heavy (non-hydrogen) atoms. The van der Waals surface area contributed by atoms with Crippen molar-refractivity contribution in [3.05, 3.63) is 35.9 Å². The highest BCUT2D eigenvalue weighted by Crippen LogP contribution is 2.26. The van der Waals surface area contributed by atoms with Crippen LogP contribution in [0.3, 0.4) is 0 Å². The number of benzene rings is 1. The lowest BCUT2D eigenvalue weighted by atomic mass is 9.85. The number of methoxy groups -OCH3 is 1. The van der Waals surface area contributed by atoms with E-state index in [1.807, 2.05) is 30.3 Å². The second-order valence-corrected chi connectivity index (χ2v) is 5.40. The largest absolute Gasteiger partial charge is 0.468 e. The molecule has 1 aromatic carbocycles. The van der Waals surface area contributed by atoms with Gasteiger partial charge in [-0.25, -0.2) is 4.79 Å². The summed E-state index contributed by atoms with van der Waals surface area (Å²) in [6.07, 6.45) is 4.92. The normalized spacial score (nSPS) is 24.7. The van der Waals surface area contributed by atoms with Gasteiger partial charge in [0, 0.05) is 6.04 Å². The maximum Gasteiger partial charge on any atom is 0.327 e. The van der Waals surface area contributed by atoms with E-state index in [1.54, 1.807) is 0 Å². The monoisotopic (exact) mass is 261 g/mol. The van der Waals surface area contributed by atoms with Gasteiger partial charge >= 0.3 is 5.97 Å². The van der Waals surface area contributed by atoms with Crippen molar-refractivity contribution in [3.8, 4) is 0 Å². The average molecular weight is 261 g/mol. The molecule has 104 valence electrons. The van der Waals surface area contributed by atoms with E-state index in [-0.39, 0.29) is 12.0 Å². The third-order valence-electron chi connectivity index (χ3n) is 4.06. The Morgan fingerprint density at radius 3 is 2.58 bits per heavy atom. The van der Waals surface area contributed by atoms with E-state index in [1.165, 1.54) is 26.4 Å². The van der Waals surface area contributed by atoms with Gasteiger partial charge < -0.3 is 4.74 Å². The van der Waals surface area contributed by atoms with Crippen molar-refractivity contribution in [2.24, 2.45) is 5.92 Å². The van der Waals surface area contributed by atoms with E-state index in [0.717, 1.165) is 12.0 Å². The van der Waals surface area contributed by atoms with Crippen LogP contribution in [0.25, 0.3) is 0 Å². The van der Waals surface area contributed by atoms with E-state index in [0.29, 0.717) is 12.0 Å². The van der Waals surface area contributed by atoms with Crippen LogP contribution < -0.4 is 5.32 Å². The molecule has 1 saturated carbocycles. The lowest BCUT2D eigenvalue weighted by Gasteiger charge is -2.32. The SMILES string of the molecule is COC(=O)C(NC1CCCCC1C)c1ccccc1. The fraction of sp³-hybridized carbons (Fsp3) is 0.562. The Morgan fingerprint density at radius 2 is 1.95 bits per heavy atom.